The van der Waals surface area contributed by atoms with Crippen molar-refractivity contribution in [3.05, 3.63) is 34.9 Å². The van der Waals surface area contributed by atoms with Gasteiger partial charge in [0.25, 0.3) is 5.91 Å². The molecule has 0 radical (unpaired) electrons. The van der Waals surface area contributed by atoms with Crippen LogP contribution in [-0.2, 0) is 0 Å². The van der Waals surface area contributed by atoms with Gasteiger partial charge in [-0.2, -0.15) is 0 Å². The Morgan fingerprint density at radius 2 is 2.00 bits per heavy atom. The van der Waals surface area contributed by atoms with Crippen molar-refractivity contribution in [2.45, 2.75) is 33.7 Å². The topological polar surface area (TPSA) is 49.3 Å². The molecule has 0 aliphatic rings. The van der Waals surface area contributed by atoms with E-state index in [0.29, 0.717) is 5.56 Å². The molecule has 1 unspecified atom stereocenters. The minimum absolute atomic E-state index is 0.0335. The normalized spacial score (nSPS) is 12.6. The minimum atomic E-state index is -0.192. The highest BCUT2D eigenvalue weighted by Crippen LogP contribution is 2.13. The lowest BCUT2D eigenvalue weighted by Gasteiger charge is -2.20. The average molecular weight is 235 g/mol. The van der Waals surface area contributed by atoms with Crippen molar-refractivity contribution >= 4 is 5.91 Å². The fourth-order valence-corrected chi connectivity index (χ4v) is 1.67. The highest BCUT2D eigenvalue weighted by molar-refractivity contribution is 5.96. The Balaban J connectivity index is 2.86. The first-order chi connectivity index (χ1) is 7.97. The first kappa shape index (κ1) is 13.7. The molecule has 0 bridgehead atoms. The van der Waals surface area contributed by atoms with E-state index in [1.807, 2.05) is 45.9 Å². The third kappa shape index (κ3) is 3.30. The lowest BCUT2D eigenvalue weighted by Crippen LogP contribution is -2.41. The smallest absolute Gasteiger partial charge is 0.251 e. The summed E-state index contributed by atoms with van der Waals surface area (Å²) in [4.78, 5) is 12.1. The van der Waals surface area contributed by atoms with Gasteiger partial charge in [-0.25, -0.2) is 0 Å². The van der Waals surface area contributed by atoms with Gasteiger partial charge in [-0.15, -0.1) is 0 Å². The molecule has 94 valence electrons. The highest BCUT2D eigenvalue weighted by atomic mass is 16.3. The minimum Gasteiger partial charge on any atom is -0.394 e. The fourth-order valence-electron chi connectivity index (χ4n) is 1.67. The molecular formula is C14H21NO2. The van der Waals surface area contributed by atoms with Gasteiger partial charge in [-0.3, -0.25) is 4.79 Å². The maximum absolute atomic E-state index is 12.1. The number of nitrogens with one attached hydrogen (secondary N) is 1. The molecular weight excluding hydrogens is 214 g/mol. The summed E-state index contributed by atoms with van der Waals surface area (Å²) in [6.45, 7) is 7.84. The third-order valence-corrected chi connectivity index (χ3v) is 3.17. The fraction of sp³-hybridized carbons (Fsp3) is 0.500. The van der Waals surface area contributed by atoms with Crippen LogP contribution in [0.25, 0.3) is 0 Å². The van der Waals surface area contributed by atoms with E-state index in [1.54, 1.807) is 0 Å². The molecule has 1 aromatic rings. The Hall–Kier alpha value is -1.35. The lowest BCUT2D eigenvalue weighted by atomic mass is 10.0. The Labute approximate surface area is 103 Å². The van der Waals surface area contributed by atoms with Crippen molar-refractivity contribution in [3.8, 4) is 0 Å². The molecule has 0 saturated carbocycles. The highest BCUT2D eigenvalue weighted by Gasteiger charge is 2.17. The van der Waals surface area contributed by atoms with Crippen LogP contribution in [0.4, 0.5) is 0 Å². The third-order valence-electron chi connectivity index (χ3n) is 3.17. The lowest BCUT2D eigenvalue weighted by molar-refractivity contribution is 0.0896. The Morgan fingerprint density at radius 1 is 1.35 bits per heavy atom. The molecule has 1 amide bonds. The largest absolute Gasteiger partial charge is 0.394 e. The first-order valence-corrected chi connectivity index (χ1v) is 5.95. The molecule has 3 heteroatoms. The van der Waals surface area contributed by atoms with Gasteiger partial charge in [0.1, 0.15) is 0 Å². The zero-order valence-electron chi connectivity index (χ0n) is 10.9. The summed E-state index contributed by atoms with van der Waals surface area (Å²) in [6, 6.07) is 5.48. The van der Waals surface area contributed by atoms with Crippen LogP contribution in [0, 0.1) is 19.8 Å². The maximum atomic E-state index is 12.1. The molecule has 0 aromatic heterocycles. The molecule has 3 nitrogen and oxygen atoms in total. The molecule has 17 heavy (non-hydrogen) atoms. The summed E-state index contributed by atoms with van der Waals surface area (Å²) in [6.07, 6.45) is 0. The summed E-state index contributed by atoms with van der Waals surface area (Å²) in [7, 11) is 0. The van der Waals surface area contributed by atoms with Gasteiger partial charge in [-0.1, -0.05) is 26.0 Å². The van der Waals surface area contributed by atoms with Crippen LogP contribution < -0.4 is 5.32 Å². The number of carbonyl (C=O) groups is 1. The Kier molecular flexibility index (Phi) is 4.70. The van der Waals surface area contributed by atoms with Crippen molar-refractivity contribution < 1.29 is 9.90 Å². The number of hydrogen-bond acceptors (Lipinski definition) is 2. The van der Waals surface area contributed by atoms with Gasteiger partial charge in [-0.05, 0) is 37.0 Å². The number of carbonyl (C=O) groups excluding carboxylic acids is 1. The molecule has 0 saturated heterocycles. The van der Waals surface area contributed by atoms with Crippen LogP contribution in [0.1, 0.15) is 35.3 Å². The quantitative estimate of drug-likeness (QED) is 0.839. The van der Waals surface area contributed by atoms with Crippen LogP contribution in [0.3, 0.4) is 0 Å². The van der Waals surface area contributed by atoms with Gasteiger partial charge in [0.2, 0.25) is 0 Å². The molecule has 1 atom stereocenters. The van der Waals surface area contributed by atoms with E-state index in [1.165, 1.54) is 0 Å². The van der Waals surface area contributed by atoms with Crippen LogP contribution in [0.15, 0.2) is 18.2 Å². The number of aliphatic hydroxyl groups excluding tert-OH is 1. The van der Waals surface area contributed by atoms with Crippen molar-refractivity contribution in [2.24, 2.45) is 5.92 Å². The molecule has 0 spiro atoms. The second-order valence-corrected chi connectivity index (χ2v) is 4.75. The first-order valence-electron chi connectivity index (χ1n) is 5.95. The molecule has 0 fully saturated rings. The van der Waals surface area contributed by atoms with E-state index >= 15 is 0 Å². The SMILES string of the molecule is Cc1cccc(C(=O)NC(CO)C(C)C)c1C. The molecule has 0 aliphatic heterocycles. The summed E-state index contributed by atoms with van der Waals surface area (Å²) in [5, 5.41) is 12.1. The van der Waals surface area contributed by atoms with Crippen LogP contribution in [0.2, 0.25) is 0 Å². The Morgan fingerprint density at radius 3 is 2.53 bits per heavy atom. The molecule has 2 N–H and O–H groups in total. The van der Waals surface area contributed by atoms with Crippen LogP contribution in [-0.4, -0.2) is 23.7 Å². The van der Waals surface area contributed by atoms with Crippen LogP contribution >= 0.6 is 0 Å². The summed E-state index contributed by atoms with van der Waals surface area (Å²) in [5.41, 5.74) is 2.78. The number of rotatable bonds is 4. The zero-order chi connectivity index (χ0) is 13.0. The predicted octanol–water partition coefficient (Wildman–Crippen LogP) is 2.05. The molecule has 0 heterocycles. The zero-order valence-corrected chi connectivity index (χ0v) is 10.9. The Bertz CT molecular complexity index is 399. The van der Waals surface area contributed by atoms with Crippen molar-refractivity contribution in [3.63, 3.8) is 0 Å². The van der Waals surface area contributed by atoms with E-state index in [4.69, 9.17) is 0 Å². The monoisotopic (exact) mass is 235 g/mol. The number of benzene rings is 1. The number of hydrogen-bond donors (Lipinski definition) is 2. The van der Waals surface area contributed by atoms with Crippen molar-refractivity contribution in [1.82, 2.24) is 5.32 Å². The van der Waals surface area contributed by atoms with Gasteiger partial charge in [0.05, 0.1) is 12.6 Å². The van der Waals surface area contributed by atoms with Gasteiger partial charge in [0, 0.05) is 5.56 Å². The van der Waals surface area contributed by atoms with Gasteiger partial charge >= 0.3 is 0 Å². The van der Waals surface area contributed by atoms with E-state index in [-0.39, 0.29) is 24.5 Å². The number of amides is 1. The van der Waals surface area contributed by atoms with Crippen molar-refractivity contribution in [1.29, 1.82) is 0 Å². The average Bonchev–Trinajstić information content (AvgIpc) is 2.28. The summed E-state index contributed by atoms with van der Waals surface area (Å²) >= 11 is 0. The van der Waals surface area contributed by atoms with Crippen molar-refractivity contribution in [2.75, 3.05) is 6.61 Å². The van der Waals surface area contributed by atoms with Gasteiger partial charge in [0.15, 0.2) is 0 Å². The van der Waals surface area contributed by atoms with Gasteiger partial charge < -0.3 is 10.4 Å². The van der Waals surface area contributed by atoms with E-state index in [0.717, 1.165) is 11.1 Å². The molecule has 0 aliphatic carbocycles. The summed E-state index contributed by atoms with van der Waals surface area (Å²) < 4.78 is 0. The standard InChI is InChI=1S/C14H21NO2/c1-9(2)13(8-16)15-14(17)12-7-5-6-10(3)11(12)4/h5-7,9,13,16H,8H2,1-4H3,(H,15,17). The second-order valence-electron chi connectivity index (χ2n) is 4.75. The second kappa shape index (κ2) is 5.82. The maximum Gasteiger partial charge on any atom is 0.251 e. The molecule has 1 aromatic carbocycles. The van der Waals surface area contributed by atoms with Crippen LogP contribution in [0.5, 0.6) is 0 Å². The number of aliphatic hydroxyl groups is 1. The van der Waals surface area contributed by atoms with E-state index in [9.17, 15) is 9.90 Å². The number of aryl methyl sites for hydroxylation is 1. The van der Waals surface area contributed by atoms with E-state index in [2.05, 4.69) is 5.32 Å². The van der Waals surface area contributed by atoms with E-state index < -0.39 is 0 Å². The summed E-state index contributed by atoms with van der Waals surface area (Å²) in [5.74, 6) is 0.105. The predicted molar refractivity (Wildman–Crippen MR) is 69.1 cm³/mol. The molecule has 1 rings (SSSR count).